The molecule has 5 rings (SSSR count). The van der Waals surface area contributed by atoms with Gasteiger partial charge in [-0.2, -0.15) is 21.6 Å². The van der Waals surface area contributed by atoms with Crippen molar-refractivity contribution >= 4 is 33.3 Å². The van der Waals surface area contributed by atoms with Crippen LogP contribution in [-0.4, -0.2) is 65.5 Å². The molecule has 4 heterocycles. The summed E-state index contributed by atoms with van der Waals surface area (Å²) < 4.78 is 74.0. The van der Waals surface area contributed by atoms with Crippen molar-refractivity contribution in [3.05, 3.63) is 53.3 Å². The number of nitrogens with zero attached hydrogens (tertiary/aromatic N) is 4. The molecule has 1 aliphatic heterocycles. The highest BCUT2D eigenvalue weighted by atomic mass is 35.5. The number of sulfonamides is 1. The summed E-state index contributed by atoms with van der Waals surface area (Å²) in [4.78, 5) is 21.2. The Morgan fingerprint density at radius 2 is 1.93 bits per heavy atom. The molecule has 46 heavy (non-hydrogen) atoms. The van der Waals surface area contributed by atoms with Crippen molar-refractivity contribution in [1.82, 2.24) is 29.8 Å². The summed E-state index contributed by atoms with van der Waals surface area (Å²) in [5, 5.41) is 10.2. The van der Waals surface area contributed by atoms with Crippen LogP contribution in [0.1, 0.15) is 69.2 Å². The molecule has 0 aromatic carbocycles. The van der Waals surface area contributed by atoms with Crippen molar-refractivity contribution in [1.29, 1.82) is 0 Å². The van der Waals surface area contributed by atoms with Crippen molar-refractivity contribution in [2.45, 2.75) is 75.5 Å². The molecule has 1 saturated heterocycles. The Morgan fingerprint density at radius 1 is 1.15 bits per heavy atom. The number of aromatic nitrogens is 4. The number of carbonyl (C=O) groups is 1. The van der Waals surface area contributed by atoms with E-state index < -0.39 is 27.5 Å². The molecule has 2 fully saturated rings. The summed E-state index contributed by atoms with van der Waals surface area (Å²) in [5.41, 5.74) is -1.61. The van der Waals surface area contributed by atoms with Crippen LogP contribution in [0.4, 0.5) is 19.0 Å². The number of hydrogen-bond acceptors (Lipinski definition) is 9. The first-order valence-electron chi connectivity index (χ1n) is 15.1. The molecule has 0 spiro atoms. The number of hydrogen-bond donors (Lipinski definition) is 3. The molecule has 1 atom stereocenters. The highest BCUT2D eigenvalue weighted by molar-refractivity contribution is 7.90. The fourth-order valence-electron chi connectivity index (χ4n) is 5.64. The fraction of sp³-hybridized carbons (Fsp3) is 0.533. The first-order chi connectivity index (χ1) is 21.7. The molecule has 0 radical (unpaired) electrons. The average molecular weight is 684 g/mol. The molecule has 2 aliphatic rings. The molecule has 1 amide bonds. The van der Waals surface area contributed by atoms with Gasteiger partial charge >= 0.3 is 6.18 Å². The second kappa shape index (κ2) is 13.4. The highest BCUT2D eigenvalue weighted by Crippen LogP contribution is 2.60. The number of ether oxygens (including phenoxy) is 1. The highest BCUT2D eigenvalue weighted by Gasteiger charge is 2.62. The molecule has 3 aromatic rings. The number of halogens is 4. The van der Waals surface area contributed by atoms with Crippen LogP contribution in [0.15, 0.2) is 47.6 Å². The number of carbonyl (C=O) groups excluding carboxylic acids is 1. The van der Waals surface area contributed by atoms with Gasteiger partial charge in [-0.15, -0.1) is 5.10 Å². The number of nitrogens with one attached hydrogen (secondary N) is 3. The molecule has 250 valence electrons. The third-order valence-electron chi connectivity index (χ3n) is 8.37. The number of pyridine rings is 2. The van der Waals surface area contributed by atoms with E-state index in [1.54, 1.807) is 6.07 Å². The maximum absolute atomic E-state index is 13.1. The van der Waals surface area contributed by atoms with E-state index in [0.717, 1.165) is 25.8 Å². The molecule has 3 aromatic heterocycles. The van der Waals surface area contributed by atoms with E-state index in [1.165, 1.54) is 41.2 Å². The van der Waals surface area contributed by atoms with Crippen LogP contribution >= 0.6 is 11.6 Å². The van der Waals surface area contributed by atoms with Gasteiger partial charge in [-0.3, -0.25) is 4.79 Å². The number of rotatable bonds is 14. The van der Waals surface area contributed by atoms with Crippen molar-refractivity contribution in [2.24, 2.45) is 11.3 Å². The van der Waals surface area contributed by atoms with Gasteiger partial charge in [0.05, 0.1) is 17.6 Å². The summed E-state index contributed by atoms with van der Waals surface area (Å²) in [6.45, 7) is 6.06. The lowest BCUT2D eigenvalue weighted by atomic mass is 9.94. The van der Waals surface area contributed by atoms with Crippen LogP contribution in [0, 0.1) is 11.3 Å². The minimum Gasteiger partial charge on any atom is -0.477 e. The molecular weight excluding hydrogens is 647 g/mol. The molecular formula is C30H37ClF3N7O4S. The minimum absolute atomic E-state index is 0.00340. The summed E-state index contributed by atoms with van der Waals surface area (Å²) >= 11 is 6.24. The third kappa shape index (κ3) is 8.28. The van der Waals surface area contributed by atoms with Crippen LogP contribution in [-0.2, 0) is 10.0 Å². The summed E-state index contributed by atoms with van der Waals surface area (Å²) in [6, 6.07) is 8.71. The minimum atomic E-state index is -4.33. The Kier molecular flexibility index (Phi) is 9.85. The Balaban J connectivity index is 1.12. The van der Waals surface area contributed by atoms with E-state index in [0.29, 0.717) is 18.3 Å². The third-order valence-corrected chi connectivity index (χ3v) is 9.89. The molecule has 0 bridgehead atoms. The smallest absolute Gasteiger partial charge is 0.394 e. The van der Waals surface area contributed by atoms with E-state index in [9.17, 15) is 26.4 Å². The zero-order chi connectivity index (χ0) is 33.2. The van der Waals surface area contributed by atoms with Gasteiger partial charge in [0.2, 0.25) is 5.88 Å². The van der Waals surface area contributed by atoms with Gasteiger partial charge in [0.25, 0.3) is 15.9 Å². The Labute approximate surface area is 270 Å². The fourth-order valence-corrected chi connectivity index (χ4v) is 6.81. The first kappa shape index (κ1) is 33.9. The summed E-state index contributed by atoms with van der Waals surface area (Å²) in [6.07, 6.45) is 0.896. The molecule has 0 unspecified atom stereocenters. The van der Waals surface area contributed by atoms with Crippen molar-refractivity contribution in [3.63, 3.8) is 0 Å². The van der Waals surface area contributed by atoms with Gasteiger partial charge in [-0.05, 0) is 95.5 Å². The maximum Gasteiger partial charge on any atom is 0.394 e. The predicted octanol–water partition coefficient (Wildman–Crippen LogP) is 5.52. The summed E-state index contributed by atoms with van der Waals surface area (Å²) in [7, 11) is -4.33. The average Bonchev–Trinajstić information content (AvgIpc) is 3.51. The number of amides is 1. The SMILES string of the molecule is CC1(C)C[C@H](CCCNc2cccc(S(=O)(=O)NC(=O)c3ccc(-n4ccc(OCCCC5(C(F)(F)F)CC5)n4)nc3Cl)n2)CN1. The number of alkyl halides is 3. The zero-order valence-electron chi connectivity index (χ0n) is 25.5. The predicted molar refractivity (Wildman–Crippen MR) is 166 cm³/mol. The molecule has 16 heteroatoms. The normalized spacial score (nSPS) is 18.7. The van der Waals surface area contributed by atoms with Crippen LogP contribution in [0.5, 0.6) is 5.88 Å². The quantitative estimate of drug-likeness (QED) is 0.148. The number of anilines is 1. The summed E-state index contributed by atoms with van der Waals surface area (Å²) in [5.74, 6) is 0.373. The van der Waals surface area contributed by atoms with E-state index in [4.69, 9.17) is 16.3 Å². The topological polar surface area (TPSA) is 140 Å². The van der Waals surface area contributed by atoms with E-state index in [-0.39, 0.29) is 65.3 Å². The lowest BCUT2D eigenvalue weighted by Gasteiger charge is -2.18. The Hall–Kier alpha value is -3.43. The van der Waals surface area contributed by atoms with E-state index in [1.807, 2.05) is 4.72 Å². The molecule has 1 saturated carbocycles. The molecule has 3 N–H and O–H groups in total. The van der Waals surface area contributed by atoms with E-state index in [2.05, 4.69) is 39.5 Å². The molecule has 11 nitrogen and oxygen atoms in total. The van der Waals surface area contributed by atoms with Crippen LogP contribution in [0.2, 0.25) is 5.15 Å². The van der Waals surface area contributed by atoms with Gasteiger partial charge < -0.3 is 15.4 Å². The van der Waals surface area contributed by atoms with Gasteiger partial charge in [-0.25, -0.2) is 19.4 Å². The first-order valence-corrected chi connectivity index (χ1v) is 17.0. The lowest BCUT2D eigenvalue weighted by Crippen LogP contribution is -2.31. The van der Waals surface area contributed by atoms with Crippen molar-refractivity contribution in [3.8, 4) is 11.7 Å². The van der Waals surface area contributed by atoms with E-state index >= 15 is 0 Å². The van der Waals surface area contributed by atoms with Gasteiger partial charge in [-0.1, -0.05) is 17.7 Å². The lowest BCUT2D eigenvalue weighted by molar-refractivity contribution is -0.189. The van der Waals surface area contributed by atoms with Crippen molar-refractivity contribution in [2.75, 3.05) is 25.0 Å². The van der Waals surface area contributed by atoms with Gasteiger partial charge in [0.1, 0.15) is 11.0 Å². The largest absolute Gasteiger partial charge is 0.477 e. The maximum atomic E-state index is 13.1. The van der Waals surface area contributed by atoms with Crippen LogP contribution in [0.25, 0.3) is 5.82 Å². The Bertz CT molecular complexity index is 1660. The van der Waals surface area contributed by atoms with Crippen LogP contribution in [0.3, 0.4) is 0 Å². The van der Waals surface area contributed by atoms with Gasteiger partial charge in [0.15, 0.2) is 10.8 Å². The Morgan fingerprint density at radius 3 is 2.61 bits per heavy atom. The second-order valence-corrected chi connectivity index (χ2v) is 14.5. The monoisotopic (exact) mass is 683 g/mol. The van der Waals surface area contributed by atoms with Crippen LogP contribution < -0.4 is 20.1 Å². The zero-order valence-corrected chi connectivity index (χ0v) is 27.1. The standard InChI is InChI=1S/C30H37ClF3N7O4S/c1-28(2)18-20(19-36-28)6-4-15-35-22-7-3-8-25(37-22)46(43,44)40-27(42)21-9-10-23(38-26(21)31)41-16-11-24(39-41)45-17-5-12-29(13-14-29)30(32,33)34/h3,7-11,16,20,36H,4-6,12-15,17-19H2,1-2H3,(H,35,37)(H,40,42)/t20-/m0/s1. The second-order valence-electron chi connectivity index (χ2n) is 12.5. The van der Waals surface area contributed by atoms with Crippen molar-refractivity contribution < 1.29 is 31.1 Å². The van der Waals surface area contributed by atoms with Gasteiger partial charge in [0, 0.05) is 24.3 Å². The molecule has 1 aliphatic carbocycles.